The first kappa shape index (κ1) is 24.1. The first-order valence-corrected chi connectivity index (χ1v) is 12.5. The van der Waals surface area contributed by atoms with Crippen LogP contribution in [0.25, 0.3) is 0 Å². The van der Waals surface area contributed by atoms with Crippen molar-refractivity contribution in [1.29, 1.82) is 0 Å². The fourth-order valence-corrected chi connectivity index (χ4v) is 5.16. The van der Waals surface area contributed by atoms with Gasteiger partial charge >= 0.3 is 0 Å². The summed E-state index contributed by atoms with van der Waals surface area (Å²) in [4.78, 5) is 0.286. The highest BCUT2D eigenvalue weighted by atomic mass is 79.9. The van der Waals surface area contributed by atoms with Gasteiger partial charge in [-0.15, -0.1) is 0 Å². The van der Waals surface area contributed by atoms with Crippen LogP contribution in [0.2, 0.25) is 0 Å². The van der Waals surface area contributed by atoms with Crippen LogP contribution in [0.4, 0.5) is 0 Å². The largest absolute Gasteiger partial charge is 0.316 e. The van der Waals surface area contributed by atoms with Crippen LogP contribution in [0.1, 0.15) is 26.7 Å². The van der Waals surface area contributed by atoms with Crippen LogP contribution < -0.4 is 0 Å². The van der Waals surface area contributed by atoms with Crippen molar-refractivity contribution >= 4 is 91.3 Å². The van der Waals surface area contributed by atoms with Crippen molar-refractivity contribution in [2.75, 3.05) is 36.8 Å². The molecule has 0 aromatic rings. The molecule has 7 heteroatoms. The highest BCUT2D eigenvalue weighted by Gasteiger charge is 2.27. The average molecular weight is 653 g/mol. The lowest BCUT2D eigenvalue weighted by atomic mass is 10.2. The van der Waals surface area contributed by atoms with Gasteiger partial charge in [0.2, 0.25) is 0 Å². The van der Waals surface area contributed by atoms with Gasteiger partial charge in [0.05, 0.1) is 28.9 Å². The lowest BCUT2D eigenvalue weighted by Gasteiger charge is -2.38. The fraction of sp³-hybridized carbons (Fsp3) is 0.733. The summed E-state index contributed by atoms with van der Waals surface area (Å²) in [5, 5.41) is 2.48. The molecule has 0 spiro atoms. The zero-order valence-electron chi connectivity index (χ0n) is 13.0. The SMILES string of the molecule is CCC[N+](C/C=C(\Cl)CBr)(CCC)C/C(Br)=C(\Br)C(Br)CBr. The molecule has 0 saturated carbocycles. The van der Waals surface area contributed by atoms with Gasteiger partial charge < -0.3 is 4.48 Å². The van der Waals surface area contributed by atoms with E-state index in [1.165, 1.54) is 8.96 Å². The number of rotatable bonds is 11. The molecule has 0 bridgehead atoms. The molecule has 22 heavy (non-hydrogen) atoms. The zero-order valence-corrected chi connectivity index (χ0v) is 21.7. The van der Waals surface area contributed by atoms with E-state index in [1.807, 2.05) is 0 Å². The van der Waals surface area contributed by atoms with Gasteiger partial charge in [-0.25, -0.2) is 0 Å². The predicted octanol–water partition coefficient (Wildman–Crippen LogP) is 7.30. The molecular weight excluding hydrogens is 629 g/mol. The summed E-state index contributed by atoms with van der Waals surface area (Å²) >= 11 is 24.3. The highest BCUT2D eigenvalue weighted by Crippen LogP contribution is 2.30. The molecule has 0 aliphatic heterocycles. The normalized spacial score (nSPS) is 15.7. The zero-order chi connectivity index (χ0) is 17.2. The van der Waals surface area contributed by atoms with Gasteiger partial charge in [-0.05, 0) is 34.8 Å². The Hall–Kier alpha value is 2.13. The monoisotopic (exact) mass is 648 g/mol. The standard InChI is InChI=1S/C15H24Br5ClN/c1-3-6-22(7-4-2,8-5-12(21)9-16)11-14(19)15(20)13(18)10-17/h5,13H,3-4,6-11H2,1-2H3/q+1/b12-5-,15-14+. The quantitative estimate of drug-likeness (QED) is 0.162. The Morgan fingerprint density at radius 1 is 1.14 bits per heavy atom. The summed E-state index contributed by atoms with van der Waals surface area (Å²) in [6.07, 6.45) is 4.48. The van der Waals surface area contributed by atoms with Crippen molar-refractivity contribution in [3.63, 3.8) is 0 Å². The van der Waals surface area contributed by atoms with Gasteiger partial charge in [0, 0.05) is 20.2 Å². The Morgan fingerprint density at radius 2 is 1.68 bits per heavy atom. The predicted molar refractivity (Wildman–Crippen MR) is 119 cm³/mol. The summed E-state index contributed by atoms with van der Waals surface area (Å²) in [7, 11) is 0. The third kappa shape index (κ3) is 9.00. The molecule has 0 saturated heterocycles. The van der Waals surface area contributed by atoms with Crippen molar-refractivity contribution in [3.8, 4) is 0 Å². The van der Waals surface area contributed by atoms with Crippen LogP contribution in [-0.4, -0.2) is 46.1 Å². The smallest absolute Gasteiger partial charge is 0.112 e. The van der Waals surface area contributed by atoms with Crippen LogP contribution in [0.15, 0.2) is 20.1 Å². The second kappa shape index (κ2) is 13.3. The van der Waals surface area contributed by atoms with Crippen molar-refractivity contribution in [2.24, 2.45) is 0 Å². The molecule has 0 radical (unpaired) electrons. The maximum absolute atomic E-state index is 6.20. The Morgan fingerprint density at radius 3 is 2.09 bits per heavy atom. The van der Waals surface area contributed by atoms with Crippen molar-refractivity contribution < 1.29 is 4.48 Å². The lowest BCUT2D eigenvalue weighted by molar-refractivity contribution is -0.917. The van der Waals surface area contributed by atoms with E-state index in [2.05, 4.69) is 99.6 Å². The Balaban J connectivity index is 5.37. The third-order valence-electron chi connectivity index (χ3n) is 3.37. The molecule has 1 atom stereocenters. The van der Waals surface area contributed by atoms with Crippen molar-refractivity contribution in [3.05, 3.63) is 20.1 Å². The summed E-state index contributed by atoms with van der Waals surface area (Å²) in [5.74, 6) is 0. The van der Waals surface area contributed by atoms with Gasteiger partial charge in [0.1, 0.15) is 6.54 Å². The van der Waals surface area contributed by atoms with E-state index in [4.69, 9.17) is 11.6 Å². The topological polar surface area (TPSA) is 0 Å². The van der Waals surface area contributed by atoms with E-state index >= 15 is 0 Å². The molecule has 1 unspecified atom stereocenters. The van der Waals surface area contributed by atoms with Crippen LogP contribution in [0.3, 0.4) is 0 Å². The number of quaternary nitrogens is 1. The second-order valence-corrected chi connectivity index (χ2v) is 9.90. The van der Waals surface area contributed by atoms with Gasteiger partial charge in [0.15, 0.2) is 0 Å². The van der Waals surface area contributed by atoms with Crippen molar-refractivity contribution in [1.82, 2.24) is 0 Å². The fourth-order valence-electron chi connectivity index (χ4n) is 2.42. The maximum Gasteiger partial charge on any atom is 0.112 e. The molecule has 0 N–H and O–H groups in total. The summed E-state index contributed by atoms with van der Waals surface area (Å²) in [6, 6.07) is 0. The van der Waals surface area contributed by atoms with E-state index in [0.29, 0.717) is 0 Å². The first-order chi connectivity index (χ1) is 10.4. The van der Waals surface area contributed by atoms with Crippen LogP contribution >= 0.6 is 91.3 Å². The number of nitrogens with zero attached hydrogens (tertiary/aromatic N) is 1. The number of halogens is 6. The molecule has 130 valence electrons. The number of allylic oxidation sites excluding steroid dienone is 2. The maximum atomic E-state index is 6.20. The van der Waals surface area contributed by atoms with Crippen LogP contribution in [0, 0.1) is 0 Å². The molecule has 0 aliphatic rings. The van der Waals surface area contributed by atoms with Crippen LogP contribution in [-0.2, 0) is 0 Å². The average Bonchev–Trinajstić information content (AvgIpc) is 2.51. The molecule has 0 aromatic heterocycles. The highest BCUT2D eigenvalue weighted by molar-refractivity contribution is 9.16. The third-order valence-corrected chi connectivity index (χ3v) is 9.74. The molecule has 1 nitrogen and oxygen atoms in total. The number of hydrogen-bond acceptors (Lipinski definition) is 0. The summed E-state index contributed by atoms with van der Waals surface area (Å²) < 4.78 is 3.42. The molecular formula is C15H24Br5ClN+. The van der Waals surface area contributed by atoms with E-state index in [9.17, 15) is 0 Å². The molecule has 0 aromatic carbocycles. The molecule has 0 aliphatic carbocycles. The molecule has 0 amide bonds. The molecule has 0 fully saturated rings. The molecule has 0 rings (SSSR count). The minimum Gasteiger partial charge on any atom is -0.316 e. The van der Waals surface area contributed by atoms with E-state index < -0.39 is 0 Å². The number of alkyl halides is 3. The second-order valence-electron chi connectivity index (χ2n) is 5.29. The van der Waals surface area contributed by atoms with Gasteiger partial charge in [0.25, 0.3) is 0 Å². The van der Waals surface area contributed by atoms with Crippen LogP contribution in [0.5, 0.6) is 0 Å². The summed E-state index contributed by atoms with van der Waals surface area (Å²) in [6.45, 7) is 8.72. The Kier molecular flexibility index (Phi) is 14.6. The van der Waals surface area contributed by atoms with Gasteiger partial charge in [-0.3, -0.25) is 0 Å². The minimum absolute atomic E-state index is 0.286. The number of hydrogen-bond donors (Lipinski definition) is 0. The van der Waals surface area contributed by atoms with E-state index in [1.54, 1.807) is 0 Å². The Bertz CT molecular complexity index is 378. The minimum atomic E-state index is 0.286. The summed E-state index contributed by atoms with van der Waals surface area (Å²) in [5.41, 5.74) is 0. The van der Waals surface area contributed by atoms with E-state index in [-0.39, 0.29) is 4.83 Å². The Labute approximate surface area is 182 Å². The van der Waals surface area contributed by atoms with Crippen molar-refractivity contribution in [2.45, 2.75) is 31.5 Å². The van der Waals surface area contributed by atoms with E-state index in [0.717, 1.165) is 59.2 Å². The lowest BCUT2D eigenvalue weighted by Crippen LogP contribution is -2.50. The molecule has 0 heterocycles. The first-order valence-electron chi connectivity index (χ1n) is 7.35. The van der Waals surface area contributed by atoms with Gasteiger partial charge in [-0.2, -0.15) is 0 Å². The van der Waals surface area contributed by atoms with Gasteiger partial charge in [-0.1, -0.05) is 89.2 Å².